The largest absolute Gasteiger partial charge is 0.366 e. The molecule has 0 aliphatic heterocycles. The predicted molar refractivity (Wildman–Crippen MR) is 70.0 cm³/mol. The summed E-state index contributed by atoms with van der Waals surface area (Å²) < 4.78 is 25.7. The molecular weight excluding hydrogens is 282 g/mol. The highest BCUT2D eigenvalue weighted by Gasteiger charge is 2.21. The molecule has 20 heavy (non-hydrogen) atoms. The van der Waals surface area contributed by atoms with Crippen LogP contribution >= 0.6 is 0 Å². The zero-order valence-electron chi connectivity index (χ0n) is 10.6. The van der Waals surface area contributed by atoms with Gasteiger partial charge < -0.3 is 5.73 Å². The number of rotatable bonds is 5. The Labute approximate surface area is 115 Å². The standard InChI is InChI=1S/C11H13N5O3S/c1-16(6-10-13-7-14-15-10)20(18,19)9-4-2-8(3-5-9)11(12)17/h2-5,7H,6H2,1H3,(H2,12,17)(H,13,14,15). The van der Waals surface area contributed by atoms with Crippen molar-refractivity contribution in [1.82, 2.24) is 19.5 Å². The lowest BCUT2D eigenvalue weighted by atomic mass is 10.2. The molecule has 106 valence electrons. The zero-order valence-corrected chi connectivity index (χ0v) is 11.5. The van der Waals surface area contributed by atoms with E-state index in [2.05, 4.69) is 15.2 Å². The highest BCUT2D eigenvalue weighted by Crippen LogP contribution is 2.16. The van der Waals surface area contributed by atoms with E-state index in [0.717, 1.165) is 4.31 Å². The quantitative estimate of drug-likeness (QED) is 0.785. The normalized spacial score (nSPS) is 11.7. The summed E-state index contributed by atoms with van der Waals surface area (Å²) in [6.07, 6.45) is 1.30. The molecule has 0 unspecified atom stereocenters. The van der Waals surface area contributed by atoms with E-state index < -0.39 is 15.9 Å². The first-order valence-electron chi connectivity index (χ1n) is 5.61. The molecule has 1 heterocycles. The van der Waals surface area contributed by atoms with Crippen LogP contribution in [0.1, 0.15) is 16.2 Å². The van der Waals surface area contributed by atoms with Crippen molar-refractivity contribution in [3.05, 3.63) is 42.0 Å². The number of sulfonamides is 1. The SMILES string of the molecule is CN(Cc1ncn[nH]1)S(=O)(=O)c1ccc(C(N)=O)cc1. The summed E-state index contributed by atoms with van der Waals surface area (Å²) in [5.41, 5.74) is 5.36. The van der Waals surface area contributed by atoms with E-state index in [1.807, 2.05) is 0 Å². The topological polar surface area (TPSA) is 122 Å². The molecule has 0 spiro atoms. The number of H-pyrrole nitrogens is 1. The fourth-order valence-corrected chi connectivity index (χ4v) is 2.71. The van der Waals surface area contributed by atoms with Gasteiger partial charge in [0.1, 0.15) is 12.2 Å². The summed E-state index contributed by atoms with van der Waals surface area (Å²) in [6, 6.07) is 5.42. The Morgan fingerprint density at radius 3 is 2.50 bits per heavy atom. The minimum atomic E-state index is -3.66. The summed E-state index contributed by atoms with van der Waals surface area (Å²) in [4.78, 5) is 14.9. The number of carbonyl (C=O) groups excluding carboxylic acids is 1. The van der Waals surface area contributed by atoms with Crippen molar-refractivity contribution in [3.63, 3.8) is 0 Å². The number of aromatic amines is 1. The van der Waals surface area contributed by atoms with Gasteiger partial charge in [0, 0.05) is 12.6 Å². The maximum Gasteiger partial charge on any atom is 0.248 e. The van der Waals surface area contributed by atoms with E-state index >= 15 is 0 Å². The number of hydrogen-bond donors (Lipinski definition) is 2. The molecule has 0 atom stereocenters. The van der Waals surface area contributed by atoms with Gasteiger partial charge in [-0.25, -0.2) is 13.4 Å². The van der Waals surface area contributed by atoms with Gasteiger partial charge in [-0.3, -0.25) is 9.89 Å². The third kappa shape index (κ3) is 2.83. The number of amides is 1. The monoisotopic (exact) mass is 295 g/mol. The molecule has 0 radical (unpaired) electrons. The second-order valence-electron chi connectivity index (χ2n) is 4.08. The van der Waals surface area contributed by atoms with Crippen molar-refractivity contribution in [1.29, 1.82) is 0 Å². The fourth-order valence-electron chi connectivity index (χ4n) is 1.57. The van der Waals surface area contributed by atoms with Gasteiger partial charge in [-0.05, 0) is 24.3 Å². The maximum absolute atomic E-state index is 12.3. The van der Waals surface area contributed by atoms with Crippen molar-refractivity contribution >= 4 is 15.9 Å². The number of nitrogens with two attached hydrogens (primary N) is 1. The summed E-state index contributed by atoms with van der Waals surface area (Å²) in [5, 5.41) is 6.24. The molecule has 2 aromatic rings. The lowest BCUT2D eigenvalue weighted by molar-refractivity contribution is 0.1000. The van der Waals surface area contributed by atoms with Crippen LogP contribution in [0, 0.1) is 0 Å². The number of aromatic nitrogens is 3. The van der Waals surface area contributed by atoms with Crippen LogP contribution in [0.4, 0.5) is 0 Å². The maximum atomic E-state index is 12.3. The highest BCUT2D eigenvalue weighted by atomic mass is 32.2. The number of hydrogen-bond acceptors (Lipinski definition) is 5. The van der Waals surface area contributed by atoms with Gasteiger partial charge in [0.25, 0.3) is 0 Å². The van der Waals surface area contributed by atoms with Crippen molar-refractivity contribution < 1.29 is 13.2 Å². The molecule has 1 aromatic carbocycles. The van der Waals surface area contributed by atoms with Crippen LogP contribution in [0.25, 0.3) is 0 Å². The second-order valence-corrected chi connectivity index (χ2v) is 6.13. The summed E-state index contributed by atoms with van der Waals surface area (Å²) in [6.45, 7) is 0.0693. The molecule has 1 aromatic heterocycles. The van der Waals surface area contributed by atoms with Gasteiger partial charge in [-0.15, -0.1) is 0 Å². The number of carbonyl (C=O) groups is 1. The average Bonchev–Trinajstić information content (AvgIpc) is 2.91. The van der Waals surface area contributed by atoms with E-state index in [-0.39, 0.29) is 17.0 Å². The number of nitrogens with zero attached hydrogens (tertiary/aromatic N) is 3. The Hall–Kier alpha value is -2.26. The van der Waals surface area contributed by atoms with Gasteiger partial charge in [-0.2, -0.15) is 9.40 Å². The van der Waals surface area contributed by atoms with Gasteiger partial charge >= 0.3 is 0 Å². The number of nitrogens with one attached hydrogen (secondary N) is 1. The Morgan fingerprint density at radius 2 is 2.00 bits per heavy atom. The predicted octanol–water partition coefficient (Wildman–Crippen LogP) is -0.276. The molecule has 2 rings (SSSR count). The van der Waals surface area contributed by atoms with E-state index in [1.54, 1.807) is 0 Å². The summed E-state index contributed by atoms with van der Waals surface area (Å²) >= 11 is 0. The van der Waals surface area contributed by atoms with Crippen molar-refractivity contribution in [2.75, 3.05) is 7.05 Å². The van der Waals surface area contributed by atoms with Gasteiger partial charge in [-0.1, -0.05) is 0 Å². The van der Waals surface area contributed by atoms with Crippen molar-refractivity contribution in [2.24, 2.45) is 5.73 Å². The minimum absolute atomic E-state index is 0.0693. The van der Waals surface area contributed by atoms with Crippen molar-refractivity contribution in [2.45, 2.75) is 11.4 Å². The van der Waals surface area contributed by atoms with Crippen molar-refractivity contribution in [3.8, 4) is 0 Å². The van der Waals surface area contributed by atoms with Crippen LogP contribution in [-0.4, -0.2) is 40.9 Å². The van der Waals surface area contributed by atoms with Crippen LogP contribution in [0.5, 0.6) is 0 Å². The lowest BCUT2D eigenvalue weighted by Crippen LogP contribution is -2.27. The summed E-state index contributed by atoms with van der Waals surface area (Å²) in [7, 11) is -2.23. The highest BCUT2D eigenvalue weighted by molar-refractivity contribution is 7.89. The first-order chi connectivity index (χ1) is 9.41. The molecule has 0 saturated carbocycles. The first kappa shape index (κ1) is 14.2. The van der Waals surface area contributed by atoms with Crippen LogP contribution in [-0.2, 0) is 16.6 Å². The zero-order chi connectivity index (χ0) is 14.8. The van der Waals surface area contributed by atoms with E-state index in [9.17, 15) is 13.2 Å². The fraction of sp³-hybridized carbons (Fsp3) is 0.182. The van der Waals surface area contributed by atoms with Gasteiger partial charge in [0.05, 0.1) is 11.4 Å². The lowest BCUT2D eigenvalue weighted by Gasteiger charge is -2.15. The molecule has 0 bridgehead atoms. The Bertz CT molecular complexity index is 694. The van der Waals surface area contributed by atoms with E-state index in [1.165, 1.54) is 37.6 Å². The molecule has 0 aliphatic rings. The number of benzene rings is 1. The van der Waals surface area contributed by atoms with Crippen LogP contribution in [0.2, 0.25) is 0 Å². The molecule has 0 aliphatic carbocycles. The smallest absolute Gasteiger partial charge is 0.248 e. The van der Waals surface area contributed by atoms with Crippen LogP contribution in [0.3, 0.4) is 0 Å². The van der Waals surface area contributed by atoms with Gasteiger partial charge in [0.2, 0.25) is 15.9 Å². The molecule has 3 N–H and O–H groups in total. The molecule has 0 saturated heterocycles. The number of primary amides is 1. The third-order valence-electron chi connectivity index (χ3n) is 2.68. The Morgan fingerprint density at radius 1 is 1.35 bits per heavy atom. The van der Waals surface area contributed by atoms with E-state index in [4.69, 9.17) is 5.73 Å². The molecule has 8 nitrogen and oxygen atoms in total. The average molecular weight is 295 g/mol. The van der Waals surface area contributed by atoms with E-state index in [0.29, 0.717) is 5.82 Å². The summed E-state index contributed by atoms with van der Waals surface area (Å²) in [5.74, 6) is -0.172. The third-order valence-corrected chi connectivity index (χ3v) is 4.50. The second kappa shape index (κ2) is 5.39. The van der Waals surface area contributed by atoms with Crippen LogP contribution in [0.15, 0.2) is 35.5 Å². The molecule has 9 heteroatoms. The Balaban J connectivity index is 2.23. The minimum Gasteiger partial charge on any atom is -0.366 e. The van der Waals surface area contributed by atoms with Gasteiger partial charge in [0.15, 0.2) is 0 Å². The van der Waals surface area contributed by atoms with Crippen LogP contribution < -0.4 is 5.73 Å². The molecule has 0 fully saturated rings. The molecular formula is C11H13N5O3S. The Kier molecular flexibility index (Phi) is 3.81. The molecule has 1 amide bonds. The first-order valence-corrected chi connectivity index (χ1v) is 7.05.